The van der Waals surface area contributed by atoms with Crippen LogP contribution in [0.4, 0.5) is 0 Å². The van der Waals surface area contributed by atoms with Crippen LogP contribution in [-0.2, 0) is 9.59 Å². The molecule has 0 aromatic carbocycles. The Balaban J connectivity index is 2.92. The Labute approximate surface area is 120 Å². The van der Waals surface area contributed by atoms with Crippen molar-refractivity contribution >= 4 is 23.6 Å². The van der Waals surface area contributed by atoms with E-state index in [1.54, 1.807) is 0 Å². The minimum Gasteiger partial charge on any atom is -0.342 e. The summed E-state index contributed by atoms with van der Waals surface area (Å²) in [6.07, 6.45) is 1.71. The van der Waals surface area contributed by atoms with Crippen LogP contribution < -0.4 is 5.32 Å². The maximum absolute atomic E-state index is 12.8. The molecule has 1 atom stereocenters. The zero-order valence-corrected chi connectivity index (χ0v) is 13.3. The van der Waals surface area contributed by atoms with Gasteiger partial charge in [0.1, 0.15) is 5.54 Å². The number of hydrogen-bond donors (Lipinski definition) is 1. The van der Waals surface area contributed by atoms with Crippen molar-refractivity contribution < 1.29 is 9.59 Å². The fourth-order valence-electron chi connectivity index (χ4n) is 2.51. The third-order valence-electron chi connectivity index (χ3n) is 3.93. The molecular formula is C14H26N2O2S. The van der Waals surface area contributed by atoms with E-state index in [0.717, 1.165) is 11.5 Å². The molecule has 4 nitrogen and oxygen atoms in total. The van der Waals surface area contributed by atoms with E-state index in [1.807, 2.05) is 30.5 Å². The first-order chi connectivity index (χ1) is 9.00. The van der Waals surface area contributed by atoms with Gasteiger partial charge >= 0.3 is 0 Å². The molecule has 1 aliphatic heterocycles. The molecule has 0 aliphatic carbocycles. The lowest BCUT2D eigenvalue weighted by Crippen LogP contribution is -2.58. The Morgan fingerprint density at radius 2 is 1.95 bits per heavy atom. The zero-order valence-electron chi connectivity index (χ0n) is 12.5. The Morgan fingerprint density at radius 1 is 1.32 bits per heavy atom. The van der Waals surface area contributed by atoms with Crippen LogP contribution in [0.3, 0.4) is 0 Å². The van der Waals surface area contributed by atoms with E-state index in [4.69, 9.17) is 0 Å². The van der Waals surface area contributed by atoms with E-state index in [1.165, 1.54) is 0 Å². The summed E-state index contributed by atoms with van der Waals surface area (Å²) in [5.74, 6) is 2.07. The molecule has 1 saturated heterocycles. The van der Waals surface area contributed by atoms with Crippen LogP contribution in [-0.4, -0.2) is 46.3 Å². The molecule has 1 N–H and O–H groups in total. The minimum absolute atomic E-state index is 0.00473. The molecule has 5 heteroatoms. The van der Waals surface area contributed by atoms with Gasteiger partial charge in [0.05, 0.1) is 0 Å². The molecule has 1 rings (SSSR count). The second-order valence-corrected chi connectivity index (χ2v) is 6.41. The number of amides is 2. The Morgan fingerprint density at radius 3 is 2.47 bits per heavy atom. The fourth-order valence-corrected chi connectivity index (χ4v) is 3.27. The van der Waals surface area contributed by atoms with Crippen molar-refractivity contribution in [2.24, 2.45) is 0 Å². The van der Waals surface area contributed by atoms with Gasteiger partial charge in [-0.15, -0.1) is 0 Å². The van der Waals surface area contributed by atoms with Gasteiger partial charge in [-0.05, 0) is 25.5 Å². The molecule has 1 fully saturated rings. The predicted octanol–water partition coefficient (Wildman–Crippen LogP) is 2.04. The number of hydrogen-bond acceptors (Lipinski definition) is 3. The van der Waals surface area contributed by atoms with Crippen LogP contribution in [0.2, 0.25) is 0 Å². The van der Waals surface area contributed by atoms with E-state index < -0.39 is 5.54 Å². The molecule has 0 aromatic rings. The average molecular weight is 286 g/mol. The number of carbonyl (C=O) groups excluding carboxylic acids is 2. The lowest BCUT2D eigenvalue weighted by molar-refractivity contribution is -0.140. The molecule has 0 saturated carbocycles. The Kier molecular flexibility index (Phi) is 6.17. The van der Waals surface area contributed by atoms with E-state index >= 15 is 0 Å². The summed E-state index contributed by atoms with van der Waals surface area (Å²) in [6, 6.07) is 0.183. The highest BCUT2D eigenvalue weighted by molar-refractivity contribution is 7.99. The second kappa shape index (κ2) is 7.17. The average Bonchev–Trinajstić information content (AvgIpc) is 2.54. The molecule has 0 radical (unpaired) electrons. The second-order valence-electron chi connectivity index (χ2n) is 5.09. The number of nitrogens with zero attached hydrogens (tertiary/aromatic N) is 1. The monoisotopic (exact) mass is 286 g/mol. The predicted molar refractivity (Wildman–Crippen MR) is 80.2 cm³/mol. The van der Waals surface area contributed by atoms with Crippen LogP contribution in [0.15, 0.2) is 0 Å². The summed E-state index contributed by atoms with van der Waals surface area (Å²) in [7, 11) is 0. The topological polar surface area (TPSA) is 49.4 Å². The summed E-state index contributed by atoms with van der Waals surface area (Å²) in [5.41, 5.74) is -0.696. The number of carbonyl (C=O) groups is 2. The van der Waals surface area contributed by atoms with Gasteiger partial charge in [0, 0.05) is 24.8 Å². The van der Waals surface area contributed by atoms with Crippen LogP contribution in [0.5, 0.6) is 0 Å². The fraction of sp³-hybridized carbons (Fsp3) is 0.857. The molecular weight excluding hydrogens is 260 g/mol. The largest absolute Gasteiger partial charge is 0.342 e. The van der Waals surface area contributed by atoms with E-state index in [0.29, 0.717) is 25.8 Å². The molecule has 1 heterocycles. The third kappa shape index (κ3) is 3.65. The maximum atomic E-state index is 12.8. The highest BCUT2D eigenvalue weighted by Crippen LogP contribution is 2.24. The standard InChI is InChI=1S/C14H26N2O2S/c1-5-14(6-2)13(18)16(9-8-12(17)15-14)11(4)10-19-7-3/h11H,5-10H2,1-4H3,(H,15,17). The molecule has 1 aliphatic rings. The molecule has 0 bridgehead atoms. The summed E-state index contributed by atoms with van der Waals surface area (Å²) >= 11 is 1.84. The molecule has 0 aromatic heterocycles. The van der Waals surface area contributed by atoms with E-state index in [2.05, 4.69) is 19.2 Å². The van der Waals surface area contributed by atoms with Crippen molar-refractivity contribution in [1.82, 2.24) is 10.2 Å². The van der Waals surface area contributed by atoms with Crippen LogP contribution >= 0.6 is 11.8 Å². The summed E-state index contributed by atoms with van der Waals surface area (Å²) in [6.45, 7) is 8.67. The molecule has 110 valence electrons. The zero-order chi connectivity index (χ0) is 14.5. The molecule has 1 unspecified atom stereocenters. The van der Waals surface area contributed by atoms with Gasteiger partial charge in [0.25, 0.3) is 0 Å². The lowest BCUT2D eigenvalue weighted by atomic mass is 9.91. The number of rotatable bonds is 6. The maximum Gasteiger partial charge on any atom is 0.248 e. The van der Waals surface area contributed by atoms with Crippen LogP contribution in [0, 0.1) is 0 Å². The highest BCUT2D eigenvalue weighted by atomic mass is 32.2. The summed E-state index contributed by atoms with van der Waals surface area (Å²) in [4.78, 5) is 26.5. The van der Waals surface area contributed by atoms with Crippen molar-refractivity contribution in [3.05, 3.63) is 0 Å². The van der Waals surface area contributed by atoms with Crippen molar-refractivity contribution in [2.75, 3.05) is 18.1 Å². The quantitative estimate of drug-likeness (QED) is 0.813. The molecule has 0 spiro atoms. The van der Waals surface area contributed by atoms with Crippen LogP contribution in [0.25, 0.3) is 0 Å². The van der Waals surface area contributed by atoms with Crippen molar-refractivity contribution in [3.63, 3.8) is 0 Å². The van der Waals surface area contributed by atoms with Crippen molar-refractivity contribution in [1.29, 1.82) is 0 Å². The van der Waals surface area contributed by atoms with Gasteiger partial charge in [-0.2, -0.15) is 11.8 Å². The van der Waals surface area contributed by atoms with Crippen LogP contribution in [0.1, 0.15) is 47.0 Å². The first kappa shape index (κ1) is 16.3. The van der Waals surface area contributed by atoms with E-state index in [-0.39, 0.29) is 17.9 Å². The van der Waals surface area contributed by atoms with Gasteiger partial charge in [-0.1, -0.05) is 20.8 Å². The van der Waals surface area contributed by atoms with Gasteiger partial charge in [-0.3, -0.25) is 9.59 Å². The van der Waals surface area contributed by atoms with Gasteiger partial charge in [0.2, 0.25) is 11.8 Å². The highest BCUT2D eigenvalue weighted by Gasteiger charge is 2.42. The first-order valence-electron chi connectivity index (χ1n) is 7.20. The number of thioether (sulfide) groups is 1. The first-order valence-corrected chi connectivity index (χ1v) is 8.36. The SMILES string of the molecule is CCSCC(C)N1CCC(=O)NC(CC)(CC)C1=O. The minimum atomic E-state index is -0.696. The molecule has 19 heavy (non-hydrogen) atoms. The molecule has 2 amide bonds. The van der Waals surface area contributed by atoms with Gasteiger partial charge in [0.15, 0.2) is 0 Å². The van der Waals surface area contributed by atoms with E-state index in [9.17, 15) is 9.59 Å². The van der Waals surface area contributed by atoms with Gasteiger partial charge in [-0.25, -0.2) is 0 Å². The lowest BCUT2D eigenvalue weighted by Gasteiger charge is -2.36. The van der Waals surface area contributed by atoms with Crippen molar-refractivity contribution in [3.8, 4) is 0 Å². The Hall–Kier alpha value is -0.710. The third-order valence-corrected chi connectivity index (χ3v) is 5.06. The van der Waals surface area contributed by atoms with Crippen molar-refractivity contribution in [2.45, 2.75) is 58.5 Å². The smallest absolute Gasteiger partial charge is 0.248 e. The van der Waals surface area contributed by atoms with Gasteiger partial charge < -0.3 is 10.2 Å². The Bertz CT molecular complexity index is 329. The summed E-state index contributed by atoms with van der Waals surface area (Å²) < 4.78 is 0. The number of nitrogens with one attached hydrogen (secondary N) is 1. The normalized spacial score (nSPS) is 20.9. The summed E-state index contributed by atoms with van der Waals surface area (Å²) in [5, 5.41) is 2.95.